The van der Waals surface area contributed by atoms with E-state index in [9.17, 15) is 0 Å². The summed E-state index contributed by atoms with van der Waals surface area (Å²) in [6.07, 6.45) is 7.15. The van der Waals surface area contributed by atoms with Crippen LogP contribution in [0.4, 0.5) is 0 Å². The van der Waals surface area contributed by atoms with E-state index in [-0.39, 0.29) is 0 Å². The molecule has 1 aromatic rings. The normalized spacial score (nSPS) is 15.2. The van der Waals surface area contributed by atoms with Gasteiger partial charge in [0.05, 0.1) is 0 Å². The third-order valence-corrected chi connectivity index (χ3v) is 2.77. The summed E-state index contributed by atoms with van der Waals surface area (Å²) in [7, 11) is 2.14. The number of fused-ring (bicyclic) bond motifs is 1. The summed E-state index contributed by atoms with van der Waals surface area (Å²) in [5.74, 6) is 0. The van der Waals surface area contributed by atoms with Crippen molar-refractivity contribution in [3.05, 3.63) is 23.0 Å². The van der Waals surface area contributed by atoms with Crippen molar-refractivity contribution in [2.75, 3.05) is 6.54 Å². The highest BCUT2D eigenvalue weighted by molar-refractivity contribution is 5.35. The van der Waals surface area contributed by atoms with Crippen molar-refractivity contribution in [1.82, 2.24) is 4.57 Å². The van der Waals surface area contributed by atoms with E-state index in [0.717, 1.165) is 13.0 Å². The highest BCUT2D eigenvalue weighted by atomic mass is 14.9. The van der Waals surface area contributed by atoms with Crippen molar-refractivity contribution in [2.24, 2.45) is 12.8 Å². The van der Waals surface area contributed by atoms with E-state index in [2.05, 4.69) is 17.8 Å². The largest absolute Gasteiger partial charge is 0.354 e. The van der Waals surface area contributed by atoms with Crippen molar-refractivity contribution in [3.63, 3.8) is 0 Å². The van der Waals surface area contributed by atoms with Crippen LogP contribution in [0.1, 0.15) is 23.2 Å². The molecular formula is C10H16N2. The summed E-state index contributed by atoms with van der Waals surface area (Å²) < 4.78 is 2.27. The standard InChI is InChI=1S/C10H16N2/c1-12-7-8(5-6-11)9-3-2-4-10(9)12/h7H,2-6,11H2,1H3. The van der Waals surface area contributed by atoms with E-state index >= 15 is 0 Å². The van der Waals surface area contributed by atoms with Crippen molar-refractivity contribution in [1.29, 1.82) is 0 Å². The molecule has 0 saturated carbocycles. The monoisotopic (exact) mass is 164 g/mol. The molecule has 0 aliphatic heterocycles. The summed E-state index contributed by atoms with van der Waals surface area (Å²) in [5.41, 5.74) is 10.2. The van der Waals surface area contributed by atoms with Crippen LogP contribution in [0.2, 0.25) is 0 Å². The zero-order chi connectivity index (χ0) is 8.55. The van der Waals surface area contributed by atoms with Gasteiger partial charge in [0.15, 0.2) is 0 Å². The lowest BCUT2D eigenvalue weighted by molar-refractivity contribution is 0.801. The summed E-state index contributed by atoms with van der Waals surface area (Å²) in [6, 6.07) is 0. The molecule has 0 fully saturated rings. The van der Waals surface area contributed by atoms with E-state index in [1.54, 1.807) is 11.3 Å². The Morgan fingerprint density at radius 3 is 3.08 bits per heavy atom. The Morgan fingerprint density at radius 2 is 2.33 bits per heavy atom. The maximum atomic E-state index is 5.55. The molecule has 1 aliphatic carbocycles. The highest BCUT2D eigenvalue weighted by Crippen LogP contribution is 2.26. The lowest BCUT2D eigenvalue weighted by Gasteiger charge is -1.96. The Balaban J connectivity index is 2.37. The lowest BCUT2D eigenvalue weighted by Crippen LogP contribution is -2.03. The second-order valence-corrected chi connectivity index (χ2v) is 3.58. The van der Waals surface area contributed by atoms with Gasteiger partial charge in [-0.05, 0) is 43.4 Å². The average molecular weight is 164 g/mol. The van der Waals surface area contributed by atoms with Gasteiger partial charge in [-0.2, -0.15) is 0 Å². The minimum Gasteiger partial charge on any atom is -0.354 e. The van der Waals surface area contributed by atoms with Gasteiger partial charge in [-0.3, -0.25) is 0 Å². The maximum absolute atomic E-state index is 5.55. The fourth-order valence-corrected chi connectivity index (χ4v) is 2.22. The Kier molecular flexibility index (Phi) is 1.93. The topological polar surface area (TPSA) is 30.9 Å². The minimum atomic E-state index is 0.774. The van der Waals surface area contributed by atoms with Gasteiger partial charge in [-0.15, -0.1) is 0 Å². The third-order valence-electron chi connectivity index (χ3n) is 2.77. The summed E-state index contributed by atoms with van der Waals surface area (Å²) in [6.45, 7) is 0.774. The predicted molar refractivity (Wildman–Crippen MR) is 50.2 cm³/mol. The molecule has 1 aliphatic rings. The number of hydrogen-bond donors (Lipinski definition) is 1. The van der Waals surface area contributed by atoms with Crippen LogP contribution >= 0.6 is 0 Å². The number of hydrogen-bond acceptors (Lipinski definition) is 1. The number of aryl methyl sites for hydroxylation is 1. The Labute approximate surface area is 73.4 Å². The molecule has 2 N–H and O–H groups in total. The molecule has 66 valence electrons. The number of nitrogens with two attached hydrogens (primary N) is 1. The van der Waals surface area contributed by atoms with Crippen LogP contribution in [0.15, 0.2) is 6.20 Å². The molecule has 12 heavy (non-hydrogen) atoms. The fourth-order valence-electron chi connectivity index (χ4n) is 2.22. The van der Waals surface area contributed by atoms with Crippen molar-refractivity contribution in [3.8, 4) is 0 Å². The van der Waals surface area contributed by atoms with Gasteiger partial charge < -0.3 is 10.3 Å². The van der Waals surface area contributed by atoms with E-state index in [0.29, 0.717) is 0 Å². The molecule has 0 amide bonds. The quantitative estimate of drug-likeness (QED) is 0.695. The van der Waals surface area contributed by atoms with Gasteiger partial charge >= 0.3 is 0 Å². The molecule has 0 spiro atoms. The van der Waals surface area contributed by atoms with Gasteiger partial charge in [0.25, 0.3) is 0 Å². The molecule has 2 rings (SSSR count). The Bertz CT molecular complexity index is 286. The highest BCUT2D eigenvalue weighted by Gasteiger charge is 2.17. The van der Waals surface area contributed by atoms with Gasteiger partial charge in [-0.1, -0.05) is 0 Å². The van der Waals surface area contributed by atoms with Crippen LogP contribution in [0.5, 0.6) is 0 Å². The summed E-state index contributed by atoms with van der Waals surface area (Å²) in [4.78, 5) is 0. The second kappa shape index (κ2) is 2.94. The Hall–Kier alpha value is -0.760. The van der Waals surface area contributed by atoms with E-state index < -0.39 is 0 Å². The zero-order valence-corrected chi connectivity index (χ0v) is 7.64. The first-order chi connectivity index (χ1) is 5.83. The van der Waals surface area contributed by atoms with Crippen molar-refractivity contribution >= 4 is 0 Å². The molecule has 0 unspecified atom stereocenters. The van der Waals surface area contributed by atoms with Gasteiger partial charge in [0, 0.05) is 18.9 Å². The molecule has 1 heterocycles. The summed E-state index contributed by atoms with van der Waals surface area (Å²) in [5, 5.41) is 0. The van der Waals surface area contributed by atoms with Gasteiger partial charge in [-0.25, -0.2) is 0 Å². The number of aromatic nitrogens is 1. The maximum Gasteiger partial charge on any atom is 0.0206 e. The number of nitrogens with zero attached hydrogens (tertiary/aromatic N) is 1. The smallest absolute Gasteiger partial charge is 0.0206 e. The molecule has 0 saturated heterocycles. The predicted octanol–water partition coefficient (Wildman–Crippen LogP) is 1.01. The SMILES string of the molecule is Cn1cc(CCN)c2c1CCC2. The summed E-state index contributed by atoms with van der Waals surface area (Å²) >= 11 is 0. The van der Waals surface area contributed by atoms with Crippen LogP contribution < -0.4 is 5.73 Å². The number of rotatable bonds is 2. The molecule has 0 aromatic carbocycles. The molecule has 1 aromatic heterocycles. The van der Waals surface area contributed by atoms with Crippen LogP contribution in [0.3, 0.4) is 0 Å². The molecule has 0 bridgehead atoms. The van der Waals surface area contributed by atoms with Crippen molar-refractivity contribution < 1.29 is 0 Å². The van der Waals surface area contributed by atoms with E-state index in [4.69, 9.17) is 5.73 Å². The zero-order valence-electron chi connectivity index (χ0n) is 7.64. The van der Waals surface area contributed by atoms with E-state index in [1.807, 2.05) is 0 Å². The van der Waals surface area contributed by atoms with Crippen molar-refractivity contribution in [2.45, 2.75) is 25.7 Å². The first-order valence-corrected chi connectivity index (χ1v) is 4.69. The molecule has 2 heteroatoms. The van der Waals surface area contributed by atoms with Crippen LogP contribution in [0.25, 0.3) is 0 Å². The molecule has 2 nitrogen and oxygen atoms in total. The Morgan fingerprint density at radius 1 is 1.50 bits per heavy atom. The van der Waals surface area contributed by atoms with Crippen LogP contribution in [-0.4, -0.2) is 11.1 Å². The molecular weight excluding hydrogens is 148 g/mol. The first kappa shape index (κ1) is 7.87. The lowest BCUT2D eigenvalue weighted by atomic mass is 10.1. The molecule has 0 atom stereocenters. The average Bonchev–Trinajstić information content (AvgIpc) is 2.58. The minimum absolute atomic E-state index is 0.774. The molecule has 0 radical (unpaired) electrons. The second-order valence-electron chi connectivity index (χ2n) is 3.58. The third kappa shape index (κ3) is 1.07. The van der Waals surface area contributed by atoms with E-state index in [1.165, 1.54) is 24.8 Å². The van der Waals surface area contributed by atoms with Gasteiger partial charge in [0.2, 0.25) is 0 Å². The van der Waals surface area contributed by atoms with Crippen LogP contribution in [-0.2, 0) is 26.3 Å². The van der Waals surface area contributed by atoms with Crippen LogP contribution in [0, 0.1) is 0 Å². The fraction of sp³-hybridized carbons (Fsp3) is 0.600. The first-order valence-electron chi connectivity index (χ1n) is 4.69. The van der Waals surface area contributed by atoms with Gasteiger partial charge in [0.1, 0.15) is 0 Å².